The first-order chi connectivity index (χ1) is 9.38. The van der Waals surface area contributed by atoms with Crippen LogP contribution in [0.5, 0.6) is 0 Å². The molecular formula is C17H28N2O. The molecule has 1 heterocycles. The van der Waals surface area contributed by atoms with Gasteiger partial charge in [0.15, 0.2) is 0 Å². The predicted octanol–water partition coefficient (Wildman–Crippen LogP) is 2.19. The van der Waals surface area contributed by atoms with Gasteiger partial charge in [-0.3, -0.25) is 4.90 Å². The zero-order chi connectivity index (χ0) is 14.8. The summed E-state index contributed by atoms with van der Waals surface area (Å²) in [5, 5.41) is 10.6. The smallest absolute Gasteiger partial charge is 0.0798 e. The number of piperidine rings is 1. The van der Waals surface area contributed by atoms with Crippen LogP contribution in [0.25, 0.3) is 0 Å². The maximum atomic E-state index is 10.6. The highest BCUT2D eigenvalue weighted by Gasteiger charge is 2.32. The molecule has 0 aromatic heterocycles. The van der Waals surface area contributed by atoms with Crippen molar-refractivity contribution in [3.05, 3.63) is 34.9 Å². The first-order valence-electron chi connectivity index (χ1n) is 7.54. The van der Waals surface area contributed by atoms with E-state index in [9.17, 15) is 5.11 Å². The maximum absolute atomic E-state index is 10.6. The van der Waals surface area contributed by atoms with Gasteiger partial charge in [-0.15, -0.1) is 0 Å². The average Bonchev–Trinajstić information content (AvgIpc) is 2.36. The Morgan fingerprint density at radius 1 is 1.20 bits per heavy atom. The lowest BCUT2D eigenvalue weighted by Crippen LogP contribution is -2.49. The Balaban J connectivity index is 1.93. The van der Waals surface area contributed by atoms with Crippen molar-refractivity contribution in [2.24, 2.45) is 0 Å². The molecule has 20 heavy (non-hydrogen) atoms. The maximum Gasteiger partial charge on any atom is 0.0798 e. The van der Waals surface area contributed by atoms with Gasteiger partial charge in [-0.2, -0.15) is 0 Å². The van der Waals surface area contributed by atoms with E-state index in [2.05, 4.69) is 41.8 Å². The predicted molar refractivity (Wildman–Crippen MR) is 83.9 cm³/mol. The van der Waals surface area contributed by atoms with Crippen LogP contribution in [-0.2, 0) is 6.54 Å². The second kappa shape index (κ2) is 6.25. The molecule has 0 amide bonds. The molecule has 3 nitrogen and oxygen atoms in total. The van der Waals surface area contributed by atoms with Gasteiger partial charge in [-0.1, -0.05) is 23.8 Å². The molecule has 3 heteroatoms. The Labute approximate surface area is 123 Å². The molecular weight excluding hydrogens is 248 g/mol. The van der Waals surface area contributed by atoms with Gasteiger partial charge in [-0.05, 0) is 51.9 Å². The second-order valence-electron chi connectivity index (χ2n) is 6.67. The van der Waals surface area contributed by atoms with Crippen LogP contribution >= 0.6 is 0 Å². The van der Waals surface area contributed by atoms with Crippen molar-refractivity contribution in [2.45, 2.75) is 38.8 Å². The Bertz CT molecular complexity index is 448. The summed E-state index contributed by atoms with van der Waals surface area (Å²) in [6.07, 6.45) is 1.74. The average molecular weight is 276 g/mol. The fourth-order valence-corrected chi connectivity index (χ4v) is 3.09. The lowest BCUT2D eigenvalue weighted by atomic mass is 9.90. The van der Waals surface area contributed by atoms with Crippen LogP contribution < -0.4 is 0 Å². The summed E-state index contributed by atoms with van der Waals surface area (Å²) < 4.78 is 0. The van der Waals surface area contributed by atoms with E-state index in [0.717, 1.165) is 39.0 Å². The molecule has 0 saturated carbocycles. The van der Waals surface area contributed by atoms with Crippen molar-refractivity contribution in [3.63, 3.8) is 0 Å². The minimum absolute atomic E-state index is 0.498. The third-order valence-electron chi connectivity index (χ3n) is 4.30. The van der Waals surface area contributed by atoms with Crippen LogP contribution in [0.4, 0.5) is 0 Å². The zero-order valence-electron chi connectivity index (χ0n) is 13.3. The zero-order valence-corrected chi connectivity index (χ0v) is 13.3. The van der Waals surface area contributed by atoms with Crippen LogP contribution in [0.3, 0.4) is 0 Å². The molecule has 0 spiro atoms. The molecule has 0 atom stereocenters. The van der Waals surface area contributed by atoms with Gasteiger partial charge in [0.05, 0.1) is 5.60 Å². The van der Waals surface area contributed by atoms with E-state index in [1.807, 2.05) is 14.1 Å². The minimum atomic E-state index is -0.498. The number of hydrogen-bond donors (Lipinski definition) is 1. The SMILES string of the molecule is Cc1ccc(C)c(CN2CCC(O)(CN(C)C)CC2)c1. The first-order valence-corrected chi connectivity index (χ1v) is 7.54. The number of benzene rings is 1. The lowest BCUT2D eigenvalue weighted by Gasteiger charge is -2.39. The van der Waals surface area contributed by atoms with Gasteiger partial charge in [0.2, 0.25) is 0 Å². The number of aryl methyl sites for hydroxylation is 2. The summed E-state index contributed by atoms with van der Waals surface area (Å²) in [4.78, 5) is 4.55. The van der Waals surface area contributed by atoms with Crippen LogP contribution in [-0.4, -0.2) is 54.2 Å². The highest BCUT2D eigenvalue weighted by Crippen LogP contribution is 2.24. The molecule has 1 saturated heterocycles. The summed E-state index contributed by atoms with van der Waals surface area (Å²) in [5.74, 6) is 0. The molecule has 1 aromatic carbocycles. The number of likely N-dealkylation sites (N-methyl/N-ethyl adjacent to an activating group) is 1. The second-order valence-corrected chi connectivity index (χ2v) is 6.67. The van der Waals surface area contributed by atoms with Gasteiger partial charge in [-0.25, -0.2) is 0 Å². The minimum Gasteiger partial charge on any atom is -0.388 e. The van der Waals surface area contributed by atoms with Gasteiger partial charge >= 0.3 is 0 Å². The summed E-state index contributed by atoms with van der Waals surface area (Å²) in [6.45, 7) is 8.07. The van der Waals surface area contributed by atoms with E-state index in [1.165, 1.54) is 16.7 Å². The first kappa shape index (κ1) is 15.5. The highest BCUT2D eigenvalue weighted by molar-refractivity contribution is 5.30. The molecule has 112 valence electrons. The number of nitrogens with zero attached hydrogens (tertiary/aromatic N) is 2. The van der Waals surface area contributed by atoms with Crippen LogP contribution in [0.1, 0.15) is 29.5 Å². The highest BCUT2D eigenvalue weighted by atomic mass is 16.3. The van der Waals surface area contributed by atoms with Gasteiger partial charge < -0.3 is 10.0 Å². The number of rotatable bonds is 4. The van der Waals surface area contributed by atoms with Crippen molar-refractivity contribution < 1.29 is 5.11 Å². The molecule has 0 radical (unpaired) electrons. The Morgan fingerprint density at radius 2 is 1.85 bits per heavy atom. The van der Waals surface area contributed by atoms with Crippen LogP contribution in [0.2, 0.25) is 0 Å². The Hall–Kier alpha value is -0.900. The standard InChI is InChI=1S/C17H28N2O/c1-14-5-6-15(2)16(11-14)12-19-9-7-17(20,8-10-19)13-18(3)4/h5-6,11,20H,7-10,12-13H2,1-4H3. The van der Waals surface area contributed by atoms with E-state index in [4.69, 9.17) is 0 Å². The molecule has 1 aliphatic rings. The lowest BCUT2D eigenvalue weighted by molar-refractivity contribution is -0.0388. The fraction of sp³-hybridized carbons (Fsp3) is 0.647. The van der Waals surface area contributed by atoms with Crippen LogP contribution in [0.15, 0.2) is 18.2 Å². The van der Waals surface area contributed by atoms with Crippen molar-refractivity contribution in [1.82, 2.24) is 9.80 Å². The largest absolute Gasteiger partial charge is 0.388 e. The number of aliphatic hydroxyl groups is 1. The molecule has 1 aromatic rings. The monoisotopic (exact) mass is 276 g/mol. The normalized spacial score (nSPS) is 19.5. The van der Waals surface area contributed by atoms with E-state index in [0.29, 0.717) is 0 Å². The Kier molecular flexibility index (Phi) is 4.84. The van der Waals surface area contributed by atoms with Crippen molar-refractivity contribution in [1.29, 1.82) is 0 Å². The van der Waals surface area contributed by atoms with Crippen molar-refractivity contribution in [3.8, 4) is 0 Å². The van der Waals surface area contributed by atoms with Gasteiger partial charge in [0.25, 0.3) is 0 Å². The van der Waals surface area contributed by atoms with Crippen LogP contribution in [0, 0.1) is 13.8 Å². The quantitative estimate of drug-likeness (QED) is 0.913. The molecule has 1 N–H and O–H groups in total. The van der Waals surface area contributed by atoms with E-state index in [-0.39, 0.29) is 0 Å². The summed E-state index contributed by atoms with van der Waals surface area (Å²) in [6, 6.07) is 6.66. The van der Waals surface area contributed by atoms with Crippen molar-refractivity contribution >= 4 is 0 Å². The molecule has 1 fully saturated rings. The molecule has 2 rings (SSSR count). The van der Waals surface area contributed by atoms with E-state index < -0.39 is 5.60 Å². The molecule has 0 unspecified atom stereocenters. The van der Waals surface area contributed by atoms with E-state index >= 15 is 0 Å². The summed E-state index contributed by atoms with van der Waals surface area (Å²) in [7, 11) is 4.06. The van der Waals surface area contributed by atoms with Gasteiger partial charge in [0, 0.05) is 26.2 Å². The number of hydrogen-bond acceptors (Lipinski definition) is 3. The molecule has 0 bridgehead atoms. The molecule has 0 aliphatic carbocycles. The summed E-state index contributed by atoms with van der Waals surface area (Å²) in [5.41, 5.74) is 3.61. The third-order valence-corrected chi connectivity index (χ3v) is 4.30. The fourth-order valence-electron chi connectivity index (χ4n) is 3.09. The molecule has 1 aliphatic heterocycles. The summed E-state index contributed by atoms with van der Waals surface area (Å²) >= 11 is 0. The van der Waals surface area contributed by atoms with E-state index in [1.54, 1.807) is 0 Å². The Morgan fingerprint density at radius 3 is 2.45 bits per heavy atom. The topological polar surface area (TPSA) is 26.7 Å². The number of likely N-dealkylation sites (tertiary alicyclic amines) is 1. The van der Waals surface area contributed by atoms with Crippen molar-refractivity contribution in [2.75, 3.05) is 33.7 Å². The third kappa shape index (κ3) is 4.05. The van der Waals surface area contributed by atoms with Gasteiger partial charge in [0.1, 0.15) is 0 Å².